The van der Waals surface area contributed by atoms with Gasteiger partial charge in [-0.15, -0.1) is 22.9 Å². The van der Waals surface area contributed by atoms with Crippen LogP contribution in [0.1, 0.15) is 12.0 Å². The minimum Gasteiger partial charge on any atom is -0.150 e. The van der Waals surface area contributed by atoms with E-state index in [9.17, 15) is 0 Å². The summed E-state index contributed by atoms with van der Waals surface area (Å²) in [6.45, 7) is 0. The molecule has 0 atom stereocenters. The lowest BCUT2D eigenvalue weighted by Gasteiger charge is -1.81. The molecule has 1 aromatic heterocycles. The molecule has 58 valence electrons. The molecular formula is C8H6BrClS. The number of hydrogen-bond donors (Lipinski definition) is 0. The zero-order valence-corrected chi connectivity index (χ0v) is 8.89. The van der Waals surface area contributed by atoms with Crippen molar-refractivity contribution in [2.24, 2.45) is 0 Å². The zero-order chi connectivity index (χ0) is 8.10. The molecule has 0 aliphatic rings. The number of halogens is 2. The molecule has 0 saturated carbocycles. The standard InChI is InChI=1S/C8H6BrClS/c9-8-6-11-5-7(8)3-1-2-4-10/h5-6H,2,4H2. The van der Waals surface area contributed by atoms with Gasteiger partial charge in [0.25, 0.3) is 0 Å². The molecule has 0 aliphatic carbocycles. The summed E-state index contributed by atoms with van der Waals surface area (Å²) in [6, 6.07) is 0. The fourth-order valence-corrected chi connectivity index (χ4v) is 2.00. The van der Waals surface area contributed by atoms with E-state index >= 15 is 0 Å². The normalized spacial score (nSPS) is 8.91. The smallest absolute Gasteiger partial charge is 0.0494 e. The summed E-state index contributed by atoms with van der Waals surface area (Å²) in [6.07, 6.45) is 0.754. The molecule has 1 aromatic rings. The van der Waals surface area contributed by atoms with Crippen LogP contribution in [0.4, 0.5) is 0 Å². The Morgan fingerprint density at radius 2 is 2.36 bits per heavy atom. The van der Waals surface area contributed by atoms with Gasteiger partial charge in [-0.05, 0) is 15.9 Å². The highest BCUT2D eigenvalue weighted by molar-refractivity contribution is 9.10. The van der Waals surface area contributed by atoms with Crippen LogP contribution in [-0.4, -0.2) is 5.88 Å². The van der Waals surface area contributed by atoms with Crippen LogP contribution >= 0.6 is 38.9 Å². The van der Waals surface area contributed by atoms with Gasteiger partial charge in [-0.1, -0.05) is 11.8 Å². The summed E-state index contributed by atoms with van der Waals surface area (Å²) in [7, 11) is 0. The van der Waals surface area contributed by atoms with E-state index in [2.05, 4.69) is 27.8 Å². The molecule has 0 aromatic carbocycles. The minimum atomic E-state index is 0.606. The van der Waals surface area contributed by atoms with Gasteiger partial charge in [0, 0.05) is 33.1 Å². The van der Waals surface area contributed by atoms with E-state index in [4.69, 9.17) is 11.6 Å². The Hall–Kier alpha value is 0.0300. The second-order valence-electron chi connectivity index (χ2n) is 1.87. The van der Waals surface area contributed by atoms with Crippen LogP contribution < -0.4 is 0 Å². The van der Waals surface area contributed by atoms with E-state index < -0.39 is 0 Å². The second kappa shape index (κ2) is 4.82. The Balaban J connectivity index is 2.65. The van der Waals surface area contributed by atoms with Crippen molar-refractivity contribution in [1.82, 2.24) is 0 Å². The van der Waals surface area contributed by atoms with E-state index in [1.165, 1.54) is 0 Å². The lowest BCUT2D eigenvalue weighted by Crippen LogP contribution is -1.69. The maximum atomic E-state index is 5.47. The topological polar surface area (TPSA) is 0 Å². The molecule has 0 radical (unpaired) electrons. The molecule has 3 heteroatoms. The first-order chi connectivity index (χ1) is 5.34. The van der Waals surface area contributed by atoms with Gasteiger partial charge >= 0.3 is 0 Å². The largest absolute Gasteiger partial charge is 0.150 e. The zero-order valence-electron chi connectivity index (χ0n) is 5.73. The predicted molar refractivity (Wildman–Crippen MR) is 54.2 cm³/mol. The molecule has 0 amide bonds. The molecule has 1 rings (SSSR count). The monoisotopic (exact) mass is 248 g/mol. The van der Waals surface area contributed by atoms with E-state index in [0.717, 1.165) is 16.5 Å². The Kier molecular flexibility index (Phi) is 3.99. The maximum Gasteiger partial charge on any atom is 0.0494 e. The van der Waals surface area contributed by atoms with Crippen LogP contribution in [0.3, 0.4) is 0 Å². The Morgan fingerprint density at radius 3 is 2.91 bits per heavy atom. The van der Waals surface area contributed by atoms with Gasteiger partial charge in [0.15, 0.2) is 0 Å². The molecule has 0 bridgehead atoms. The molecule has 0 nitrogen and oxygen atoms in total. The van der Waals surface area contributed by atoms with Crippen LogP contribution in [-0.2, 0) is 0 Å². The summed E-state index contributed by atoms with van der Waals surface area (Å²) in [4.78, 5) is 0. The van der Waals surface area contributed by atoms with Gasteiger partial charge < -0.3 is 0 Å². The van der Waals surface area contributed by atoms with Crippen molar-refractivity contribution in [1.29, 1.82) is 0 Å². The lowest BCUT2D eigenvalue weighted by molar-refractivity contribution is 1.29. The molecule has 0 aliphatic heterocycles. The molecule has 0 N–H and O–H groups in total. The first-order valence-electron chi connectivity index (χ1n) is 3.11. The van der Waals surface area contributed by atoms with Crippen molar-refractivity contribution in [2.45, 2.75) is 6.42 Å². The Labute approximate surface area is 83.7 Å². The molecule has 0 saturated heterocycles. The maximum absolute atomic E-state index is 5.47. The van der Waals surface area contributed by atoms with E-state index in [1.807, 2.05) is 10.8 Å². The van der Waals surface area contributed by atoms with E-state index in [0.29, 0.717) is 5.88 Å². The summed E-state index contributed by atoms with van der Waals surface area (Å²) < 4.78 is 1.07. The van der Waals surface area contributed by atoms with Gasteiger partial charge in [0.1, 0.15) is 0 Å². The lowest BCUT2D eigenvalue weighted by atomic mass is 10.3. The second-order valence-corrected chi connectivity index (χ2v) is 3.85. The van der Waals surface area contributed by atoms with Crippen molar-refractivity contribution >= 4 is 38.9 Å². The average Bonchev–Trinajstić information content (AvgIpc) is 2.37. The third kappa shape index (κ3) is 2.86. The van der Waals surface area contributed by atoms with Gasteiger partial charge in [-0.2, -0.15) is 0 Å². The molecule has 0 unspecified atom stereocenters. The molecular weight excluding hydrogens is 244 g/mol. The molecule has 11 heavy (non-hydrogen) atoms. The van der Waals surface area contributed by atoms with Crippen LogP contribution in [0, 0.1) is 11.8 Å². The highest BCUT2D eigenvalue weighted by Crippen LogP contribution is 2.19. The average molecular weight is 250 g/mol. The quantitative estimate of drug-likeness (QED) is 0.528. The van der Waals surface area contributed by atoms with Gasteiger partial charge in [0.05, 0.1) is 0 Å². The summed E-state index contributed by atoms with van der Waals surface area (Å²) in [5, 5.41) is 4.04. The van der Waals surface area contributed by atoms with E-state index in [1.54, 1.807) is 11.3 Å². The third-order valence-electron chi connectivity index (χ3n) is 1.06. The van der Waals surface area contributed by atoms with Crippen molar-refractivity contribution in [2.75, 3.05) is 5.88 Å². The highest BCUT2D eigenvalue weighted by atomic mass is 79.9. The van der Waals surface area contributed by atoms with Crippen molar-refractivity contribution in [3.05, 3.63) is 20.8 Å². The van der Waals surface area contributed by atoms with Gasteiger partial charge in [0.2, 0.25) is 0 Å². The number of alkyl halides is 1. The number of hydrogen-bond acceptors (Lipinski definition) is 1. The Bertz CT molecular complexity index is 282. The summed E-state index contributed by atoms with van der Waals surface area (Å²) >= 11 is 10.5. The van der Waals surface area contributed by atoms with Crippen LogP contribution in [0.15, 0.2) is 15.2 Å². The highest BCUT2D eigenvalue weighted by Gasteiger charge is 1.93. The first kappa shape index (κ1) is 9.12. The first-order valence-corrected chi connectivity index (χ1v) is 5.38. The van der Waals surface area contributed by atoms with Gasteiger partial charge in [-0.25, -0.2) is 0 Å². The molecule has 1 heterocycles. The van der Waals surface area contributed by atoms with Crippen molar-refractivity contribution in [3.63, 3.8) is 0 Å². The van der Waals surface area contributed by atoms with Crippen LogP contribution in [0.25, 0.3) is 0 Å². The Morgan fingerprint density at radius 1 is 1.55 bits per heavy atom. The van der Waals surface area contributed by atoms with E-state index in [-0.39, 0.29) is 0 Å². The molecule has 0 fully saturated rings. The van der Waals surface area contributed by atoms with Crippen LogP contribution in [0.2, 0.25) is 0 Å². The fraction of sp³-hybridized carbons (Fsp3) is 0.250. The van der Waals surface area contributed by atoms with Gasteiger partial charge in [-0.3, -0.25) is 0 Å². The fourth-order valence-electron chi connectivity index (χ4n) is 0.576. The minimum absolute atomic E-state index is 0.606. The third-order valence-corrected chi connectivity index (χ3v) is 2.95. The number of thiophene rings is 1. The van der Waals surface area contributed by atoms with Crippen molar-refractivity contribution < 1.29 is 0 Å². The summed E-state index contributed by atoms with van der Waals surface area (Å²) in [5.41, 5.74) is 1.06. The van der Waals surface area contributed by atoms with Crippen molar-refractivity contribution in [3.8, 4) is 11.8 Å². The predicted octanol–water partition coefficient (Wildman–Crippen LogP) is 3.49. The number of rotatable bonds is 1. The molecule has 0 spiro atoms. The van der Waals surface area contributed by atoms with Crippen LogP contribution in [0.5, 0.6) is 0 Å². The SMILES string of the molecule is ClCCC#Cc1cscc1Br. The summed E-state index contributed by atoms with van der Waals surface area (Å²) in [5.74, 6) is 6.60.